The summed E-state index contributed by atoms with van der Waals surface area (Å²) in [6, 6.07) is 22.0. The first-order chi connectivity index (χ1) is 10.8. The van der Waals surface area contributed by atoms with Gasteiger partial charge >= 0.3 is 0 Å². The van der Waals surface area contributed by atoms with Gasteiger partial charge in [-0.1, -0.05) is 74.5 Å². The van der Waals surface area contributed by atoms with Crippen LogP contribution in [-0.4, -0.2) is 25.0 Å². The summed E-state index contributed by atoms with van der Waals surface area (Å²) < 4.78 is 0. The van der Waals surface area contributed by atoms with Crippen molar-refractivity contribution >= 4 is 0 Å². The fourth-order valence-corrected chi connectivity index (χ4v) is 3.42. The molecule has 0 aliphatic carbocycles. The standard InChI is InChI=1S/C19H23N.C2H6/c1-20-14-12-18(13-15-20)19(16-8-4-2-5-9-16)17-10-6-3-7-11-17;1-2/h2-11,18-19H,12-15H2,1H3;1-2H3. The lowest BCUT2D eigenvalue weighted by molar-refractivity contribution is 0.207. The molecule has 118 valence electrons. The zero-order chi connectivity index (χ0) is 15.8. The van der Waals surface area contributed by atoms with Gasteiger partial charge in [0.05, 0.1) is 0 Å². The van der Waals surface area contributed by atoms with E-state index in [1.807, 2.05) is 13.8 Å². The average Bonchev–Trinajstić information content (AvgIpc) is 2.61. The number of hydrogen-bond acceptors (Lipinski definition) is 1. The maximum Gasteiger partial charge on any atom is 0.0119 e. The minimum Gasteiger partial charge on any atom is -0.306 e. The van der Waals surface area contributed by atoms with Crippen LogP contribution in [0.5, 0.6) is 0 Å². The molecule has 1 heteroatoms. The Kier molecular flexibility index (Phi) is 6.67. The molecule has 0 N–H and O–H groups in total. The van der Waals surface area contributed by atoms with Gasteiger partial charge in [-0.15, -0.1) is 0 Å². The summed E-state index contributed by atoms with van der Waals surface area (Å²) in [6.07, 6.45) is 2.59. The molecule has 3 rings (SSSR count). The van der Waals surface area contributed by atoms with E-state index in [-0.39, 0.29) is 0 Å². The molecule has 1 aliphatic rings. The van der Waals surface area contributed by atoms with Gasteiger partial charge in [-0.3, -0.25) is 0 Å². The molecule has 1 fully saturated rings. The molecule has 2 aromatic rings. The van der Waals surface area contributed by atoms with E-state index in [1.54, 1.807) is 0 Å². The maximum absolute atomic E-state index is 2.45. The van der Waals surface area contributed by atoms with Crippen LogP contribution in [0.4, 0.5) is 0 Å². The van der Waals surface area contributed by atoms with Crippen LogP contribution in [0.25, 0.3) is 0 Å². The fraction of sp³-hybridized carbons (Fsp3) is 0.429. The highest BCUT2D eigenvalue weighted by molar-refractivity contribution is 5.33. The van der Waals surface area contributed by atoms with Gasteiger partial charge in [0.15, 0.2) is 0 Å². The molecule has 1 aliphatic heterocycles. The van der Waals surface area contributed by atoms with Crippen LogP contribution in [0.15, 0.2) is 60.7 Å². The summed E-state index contributed by atoms with van der Waals surface area (Å²) in [6.45, 7) is 6.45. The summed E-state index contributed by atoms with van der Waals surface area (Å²) >= 11 is 0. The second-order valence-electron chi connectivity index (χ2n) is 5.94. The molecule has 0 spiro atoms. The molecule has 1 saturated heterocycles. The predicted molar refractivity (Wildman–Crippen MR) is 96.3 cm³/mol. The summed E-state index contributed by atoms with van der Waals surface area (Å²) in [5.41, 5.74) is 2.93. The van der Waals surface area contributed by atoms with Crippen molar-refractivity contribution in [2.75, 3.05) is 20.1 Å². The van der Waals surface area contributed by atoms with Crippen molar-refractivity contribution in [1.82, 2.24) is 4.90 Å². The molecule has 2 aromatic carbocycles. The van der Waals surface area contributed by atoms with Gasteiger partial charge in [0, 0.05) is 5.92 Å². The van der Waals surface area contributed by atoms with Gasteiger partial charge in [0.2, 0.25) is 0 Å². The summed E-state index contributed by atoms with van der Waals surface area (Å²) in [7, 11) is 2.23. The van der Waals surface area contributed by atoms with Gasteiger partial charge in [-0.2, -0.15) is 0 Å². The van der Waals surface area contributed by atoms with E-state index in [9.17, 15) is 0 Å². The van der Waals surface area contributed by atoms with Crippen LogP contribution in [0, 0.1) is 5.92 Å². The van der Waals surface area contributed by atoms with Crippen molar-refractivity contribution in [3.63, 3.8) is 0 Å². The van der Waals surface area contributed by atoms with Crippen molar-refractivity contribution in [1.29, 1.82) is 0 Å². The lowest BCUT2D eigenvalue weighted by atomic mass is 9.76. The molecule has 0 aromatic heterocycles. The largest absolute Gasteiger partial charge is 0.306 e. The summed E-state index contributed by atoms with van der Waals surface area (Å²) in [4.78, 5) is 2.45. The normalized spacial score (nSPS) is 16.2. The number of piperidine rings is 1. The maximum atomic E-state index is 2.45. The third-order valence-electron chi connectivity index (χ3n) is 4.55. The molecule has 0 amide bonds. The Hall–Kier alpha value is -1.60. The lowest BCUT2D eigenvalue weighted by Gasteiger charge is -2.35. The van der Waals surface area contributed by atoms with Gasteiger partial charge in [0.1, 0.15) is 0 Å². The molecule has 1 heterocycles. The Balaban J connectivity index is 0.000000847. The third kappa shape index (κ3) is 4.20. The van der Waals surface area contributed by atoms with E-state index in [1.165, 1.54) is 37.1 Å². The van der Waals surface area contributed by atoms with E-state index < -0.39 is 0 Å². The Morgan fingerprint density at radius 1 is 0.773 bits per heavy atom. The van der Waals surface area contributed by atoms with Gasteiger partial charge < -0.3 is 4.90 Å². The van der Waals surface area contributed by atoms with E-state index in [2.05, 4.69) is 72.6 Å². The van der Waals surface area contributed by atoms with Crippen LogP contribution >= 0.6 is 0 Å². The molecule has 0 radical (unpaired) electrons. The number of benzene rings is 2. The Bertz CT molecular complexity index is 473. The molecule has 22 heavy (non-hydrogen) atoms. The molecule has 0 unspecified atom stereocenters. The molecular weight excluding hydrogens is 266 g/mol. The number of rotatable bonds is 3. The van der Waals surface area contributed by atoms with Crippen LogP contribution in [-0.2, 0) is 0 Å². The topological polar surface area (TPSA) is 3.24 Å². The van der Waals surface area contributed by atoms with Gasteiger partial charge in [-0.25, -0.2) is 0 Å². The summed E-state index contributed by atoms with van der Waals surface area (Å²) in [5.74, 6) is 1.31. The van der Waals surface area contributed by atoms with Crippen molar-refractivity contribution in [2.24, 2.45) is 5.92 Å². The first kappa shape index (κ1) is 16.8. The van der Waals surface area contributed by atoms with Gasteiger partial charge in [-0.05, 0) is 50.0 Å². The average molecular weight is 295 g/mol. The quantitative estimate of drug-likeness (QED) is 0.753. The molecule has 0 atom stereocenters. The van der Waals surface area contributed by atoms with Crippen LogP contribution in [0.3, 0.4) is 0 Å². The molecule has 0 bridgehead atoms. The zero-order valence-corrected chi connectivity index (χ0v) is 14.2. The lowest BCUT2D eigenvalue weighted by Crippen LogP contribution is -2.33. The highest BCUT2D eigenvalue weighted by Crippen LogP contribution is 2.37. The first-order valence-corrected chi connectivity index (χ1v) is 8.63. The Labute approximate surface area is 136 Å². The van der Waals surface area contributed by atoms with E-state index in [4.69, 9.17) is 0 Å². The monoisotopic (exact) mass is 295 g/mol. The van der Waals surface area contributed by atoms with E-state index in [0.717, 1.165) is 5.92 Å². The second-order valence-corrected chi connectivity index (χ2v) is 5.94. The highest BCUT2D eigenvalue weighted by atomic mass is 15.1. The minimum absolute atomic E-state index is 0.547. The highest BCUT2D eigenvalue weighted by Gasteiger charge is 2.27. The van der Waals surface area contributed by atoms with E-state index >= 15 is 0 Å². The molecular formula is C21H29N. The van der Waals surface area contributed by atoms with Crippen LogP contribution in [0.2, 0.25) is 0 Å². The second kappa shape index (κ2) is 8.75. The van der Waals surface area contributed by atoms with Crippen molar-refractivity contribution in [3.05, 3.63) is 71.8 Å². The number of nitrogens with zero attached hydrogens (tertiary/aromatic N) is 1. The molecule has 1 nitrogen and oxygen atoms in total. The minimum atomic E-state index is 0.547. The zero-order valence-electron chi connectivity index (χ0n) is 14.2. The van der Waals surface area contributed by atoms with E-state index in [0.29, 0.717) is 5.92 Å². The van der Waals surface area contributed by atoms with Crippen LogP contribution in [0.1, 0.15) is 43.7 Å². The number of likely N-dealkylation sites (tertiary alicyclic amines) is 1. The third-order valence-corrected chi connectivity index (χ3v) is 4.55. The Morgan fingerprint density at radius 2 is 1.18 bits per heavy atom. The Morgan fingerprint density at radius 3 is 1.59 bits per heavy atom. The smallest absolute Gasteiger partial charge is 0.0119 e. The first-order valence-electron chi connectivity index (χ1n) is 8.63. The van der Waals surface area contributed by atoms with Crippen LogP contribution < -0.4 is 0 Å². The van der Waals surface area contributed by atoms with Crippen molar-refractivity contribution in [2.45, 2.75) is 32.6 Å². The predicted octanol–water partition coefficient (Wildman–Crippen LogP) is 5.19. The number of hydrogen-bond donors (Lipinski definition) is 0. The molecule has 0 saturated carbocycles. The summed E-state index contributed by atoms with van der Waals surface area (Å²) in [5, 5.41) is 0. The van der Waals surface area contributed by atoms with Crippen molar-refractivity contribution < 1.29 is 0 Å². The van der Waals surface area contributed by atoms with Crippen molar-refractivity contribution in [3.8, 4) is 0 Å². The fourth-order valence-electron chi connectivity index (χ4n) is 3.42. The van der Waals surface area contributed by atoms with Gasteiger partial charge in [0.25, 0.3) is 0 Å². The SMILES string of the molecule is CC.CN1CCC(C(c2ccccc2)c2ccccc2)CC1.